The maximum absolute atomic E-state index is 5.19. The number of rotatable bonds is 1. The molecule has 0 saturated carbocycles. The van der Waals surface area contributed by atoms with Crippen LogP contribution in [0, 0.1) is 18.5 Å². The summed E-state index contributed by atoms with van der Waals surface area (Å²) in [5, 5.41) is 0. The zero-order chi connectivity index (χ0) is 11.2. The maximum Gasteiger partial charge on any atom is 0.157 e. The number of H-pyrrole nitrogens is 1. The van der Waals surface area contributed by atoms with E-state index in [0.717, 1.165) is 22.8 Å². The molecule has 0 unspecified atom stereocenters. The maximum atomic E-state index is 5.19. The van der Waals surface area contributed by atoms with Crippen LogP contribution in [0.1, 0.15) is 31.5 Å². The Morgan fingerprint density at radius 2 is 1.93 bits per heavy atom. The first-order valence-electron chi connectivity index (χ1n) is 4.96. The smallest absolute Gasteiger partial charge is 0.157 e. The molecule has 0 aliphatic carbocycles. The number of nitrogens with one attached hydrogen (secondary N) is 1. The van der Waals surface area contributed by atoms with Crippen molar-refractivity contribution in [1.82, 2.24) is 19.5 Å². The van der Waals surface area contributed by atoms with E-state index in [4.69, 9.17) is 12.2 Å². The summed E-state index contributed by atoms with van der Waals surface area (Å²) in [5.74, 6) is 1.80. The van der Waals surface area contributed by atoms with Crippen molar-refractivity contribution in [3.8, 4) is 0 Å². The molecule has 0 radical (unpaired) electrons. The fourth-order valence-electron chi connectivity index (χ4n) is 1.85. The third kappa shape index (κ3) is 1.56. The summed E-state index contributed by atoms with van der Waals surface area (Å²) in [4.78, 5) is 11.9. The van der Waals surface area contributed by atoms with Crippen molar-refractivity contribution in [2.24, 2.45) is 0 Å². The number of hydrogen-bond donors (Lipinski definition) is 1. The van der Waals surface area contributed by atoms with E-state index in [2.05, 4.69) is 33.4 Å². The average Bonchev–Trinajstić information content (AvgIpc) is 2.41. The minimum atomic E-state index is 0.363. The number of aryl methyl sites for hydroxylation is 2. The van der Waals surface area contributed by atoms with Crippen LogP contribution in [0.25, 0.3) is 11.2 Å². The first-order chi connectivity index (χ1) is 7.00. The van der Waals surface area contributed by atoms with E-state index in [1.54, 1.807) is 0 Å². The molecule has 5 heteroatoms. The highest BCUT2D eigenvalue weighted by atomic mass is 32.1. The second-order valence-electron chi connectivity index (χ2n) is 3.95. The number of imidazole rings is 1. The first kappa shape index (κ1) is 10.3. The van der Waals surface area contributed by atoms with Gasteiger partial charge in [0.1, 0.15) is 22.8 Å². The SMILES string of the molecule is Cc1nc(=S)c2nc(C)n(C(C)C)c2[nH]1. The van der Waals surface area contributed by atoms with Crippen molar-refractivity contribution in [2.45, 2.75) is 33.7 Å². The molecule has 2 aromatic rings. The van der Waals surface area contributed by atoms with Crippen molar-refractivity contribution in [3.63, 3.8) is 0 Å². The van der Waals surface area contributed by atoms with E-state index >= 15 is 0 Å². The van der Waals surface area contributed by atoms with Gasteiger partial charge in [0, 0.05) is 6.04 Å². The Bertz CT molecular complexity index is 565. The van der Waals surface area contributed by atoms with Crippen LogP contribution in [-0.4, -0.2) is 19.5 Å². The van der Waals surface area contributed by atoms with E-state index in [0.29, 0.717) is 10.7 Å². The Hall–Kier alpha value is -1.23. The third-order valence-corrected chi connectivity index (χ3v) is 2.66. The predicted octanol–water partition coefficient (Wildman–Crippen LogP) is 2.69. The lowest BCUT2D eigenvalue weighted by Gasteiger charge is -2.10. The summed E-state index contributed by atoms with van der Waals surface area (Å²) < 4.78 is 2.71. The molecule has 4 nitrogen and oxygen atoms in total. The van der Waals surface area contributed by atoms with Crippen LogP contribution in [0.2, 0.25) is 0 Å². The summed E-state index contributed by atoms with van der Waals surface area (Å²) in [6, 6.07) is 0.363. The van der Waals surface area contributed by atoms with Gasteiger partial charge >= 0.3 is 0 Å². The molecular formula is C10H14N4S. The number of aromatic nitrogens is 4. The Morgan fingerprint density at radius 3 is 2.53 bits per heavy atom. The van der Waals surface area contributed by atoms with Crippen LogP contribution in [-0.2, 0) is 0 Å². The van der Waals surface area contributed by atoms with Gasteiger partial charge in [-0.3, -0.25) is 0 Å². The van der Waals surface area contributed by atoms with Crippen LogP contribution in [0.4, 0.5) is 0 Å². The Morgan fingerprint density at radius 1 is 1.27 bits per heavy atom. The second kappa shape index (κ2) is 3.41. The van der Waals surface area contributed by atoms with E-state index in [1.807, 2.05) is 13.8 Å². The normalized spacial score (nSPS) is 11.5. The standard InChI is InChI=1S/C10H14N4S/c1-5(2)14-7(4)13-8-9(14)11-6(3)12-10(8)15/h5H,1-4H3,(H,11,12,15). The van der Waals surface area contributed by atoms with Gasteiger partial charge in [-0.2, -0.15) is 0 Å². The molecule has 0 spiro atoms. The molecule has 0 aromatic carbocycles. The lowest BCUT2D eigenvalue weighted by Crippen LogP contribution is -2.04. The fourth-order valence-corrected chi connectivity index (χ4v) is 2.13. The van der Waals surface area contributed by atoms with Gasteiger partial charge in [-0.25, -0.2) is 9.97 Å². The molecular weight excluding hydrogens is 208 g/mol. The van der Waals surface area contributed by atoms with Crippen LogP contribution in [0.3, 0.4) is 0 Å². The van der Waals surface area contributed by atoms with Crippen molar-refractivity contribution >= 4 is 23.4 Å². The molecule has 80 valence electrons. The quantitative estimate of drug-likeness (QED) is 0.755. The number of fused-ring (bicyclic) bond motifs is 1. The highest BCUT2D eigenvalue weighted by Gasteiger charge is 2.12. The summed E-state index contributed by atoms with van der Waals surface area (Å²) in [6.45, 7) is 8.14. The minimum absolute atomic E-state index is 0.363. The Labute approximate surface area is 93.4 Å². The van der Waals surface area contributed by atoms with Crippen LogP contribution in [0.15, 0.2) is 0 Å². The van der Waals surface area contributed by atoms with Gasteiger partial charge in [-0.15, -0.1) is 0 Å². The lowest BCUT2D eigenvalue weighted by molar-refractivity contribution is 0.595. The average molecular weight is 222 g/mol. The predicted molar refractivity (Wildman–Crippen MR) is 62.6 cm³/mol. The van der Waals surface area contributed by atoms with Crippen molar-refractivity contribution in [2.75, 3.05) is 0 Å². The van der Waals surface area contributed by atoms with Gasteiger partial charge in [0.2, 0.25) is 0 Å². The monoisotopic (exact) mass is 222 g/mol. The van der Waals surface area contributed by atoms with E-state index < -0.39 is 0 Å². The van der Waals surface area contributed by atoms with Gasteiger partial charge in [-0.1, -0.05) is 12.2 Å². The van der Waals surface area contributed by atoms with Crippen LogP contribution >= 0.6 is 12.2 Å². The van der Waals surface area contributed by atoms with Gasteiger partial charge in [0.15, 0.2) is 4.64 Å². The molecule has 15 heavy (non-hydrogen) atoms. The molecule has 0 amide bonds. The topological polar surface area (TPSA) is 46.5 Å². The summed E-state index contributed by atoms with van der Waals surface area (Å²) in [5.41, 5.74) is 1.77. The summed E-state index contributed by atoms with van der Waals surface area (Å²) in [6.07, 6.45) is 0. The zero-order valence-corrected chi connectivity index (χ0v) is 10.1. The van der Waals surface area contributed by atoms with Gasteiger partial charge in [-0.05, 0) is 27.7 Å². The number of hydrogen-bond acceptors (Lipinski definition) is 3. The molecule has 2 heterocycles. The molecule has 1 N–H and O–H groups in total. The largest absolute Gasteiger partial charge is 0.328 e. The number of nitrogens with zero attached hydrogens (tertiary/aromatic N) is 3. The zero-order valence-electron chi connectivity index (χ0n) is 9.33. The lowest BCUT2D eigenvalue weighted by atomic mass is 10.4. The third-order valence-electron chi connectivity index (χ3n) is 2.37. The molecule has 0 atom stereocenters. The molecule has 0 aliphatic rings. The number of aromatic amines is 1. The first-order valence-corrected chi connectivity index (χ1v) is 5.37. The Balaban J connectivity index is 2.93. The molecule has 0 bridgehead atoms. The van der Waals surface area contributed by atoms with E-state index in [9.17, 15) is 0 Å². The molecule has 0 fully saturated rings. The minimum Gasteiger partial charge on any atom is -0.328 e. The summed E-state index contributed by atoms with van der Waals surface area (Å²) in [7, 11) is 0. The summed E-state index contributed by atoms with van der Waals surface area (Å²) >= 11 is 5.19. The van der Waals surface area contributed by atoms with Crippen LogP contribution in [0.5, 0.6) is 0 Å². The van der Waals surface area contributed by atoms with Crippen LogP contribution < -0.4 is 0 Å². The highest BCUT2D eigenvalue weighted by Crippen LogP contribution is 2.19. The van der Waals surface area contributed by atoms with Crippen molar-refractivity contribution < 1.29 is 0 Å². The molecule has 0 aliphatic heterocycles. The van der Waals surface area contributed by atoms with Gasteiger partial charge in [0.05, 0.1) is 0 Å². The molecule has 2 aromatic heterocycles. The second-order valence-corrected chi connectivity index (χ2v) is 4.33. The fraction of sp³-hybridized carbons (Fsp3) is 0.500. The molecule has 0 saturated heterocycles. The van der Waals surface area contributed by atoms with Crippen molar-refractivity contribution in [1.29, 1.82) is 0 Å². The highest BCUT2D eigenvalue weighted by molar-refractivity contribution is 7.71. The van der Waals surface area contributed by atoms with E-state index in [1.165, 1.54) is 0 Å². The Kier molecular flexibility index (Phi) is 2.34. The van der Waals surface area contributed by atoms with Gasteiger partial charge in [0.25, 0.3) is 0 Å². The van der Waals surface area contributed by atoms with E-state index in [-0.39, 0.29) is 0 Å². The molecule has 2 rings (SSSR count). The van der Waals surface area contributed by atoms with Gasteiger partial charge < -0.3 is 9.55 Å². The van der Waals surface area contributed by atoms with Crippen molar-refractivity contribution in [3.05, 3.63) is 16.3 Å².